The molecule has 0 fully saturated rings. The van der Waals surface area contributed by atoms with Crippen LogP contribution >= 0.6 is 0 Å². The van der Waals surface area contributed by atoms with E-state index in [4.69, 9.17) is 5.10 Å². The maximum atomic E-state index is 14.1. The summed E-state index contributed by atoms with van der Waals surface area (Å²) >= 11 is 0. The summed E-state index contributed by atoms with van der Waals surface area (Å²) in [5.41, 5.74) is 3.61. The molecule has 2 amide bonds. The molecular formula is C29H29FN4O2. The Hall–Kier alpha value is -4.26. The number of benzene rings is 3. The Morgan fingerprint density at radius 2 is 1.56 bits per heavy atom. The topological polar surface area (TPSA) is 76.0 Å². The van der Waals surface area contributed by atoms with Gasteiger partial charge in [-0.1, -0.05) is 86.6 Å². The van der Waals surface area contributed by atoms with E-state index in [1.807, 2.05) is 85.4 Å². The minimum atomic E-state index is -0.823. The Bertz CT molecular complexity index is 1320. The average molecular weight is 485 g/mol. The maximum Gasteiger partial charge on any atom is 0.254 e. The number of halogens is 1. The molecule has 36 heavy (non-hydrogen) atoms. The van der Waals surface area contributed by atoms with Crippen molar-refractivity contribution in [1.29, 1.82) is 0 Å². The standard InChI is InChI=1S/C29H29FN4O2/c1-20(2)26(32-28(35)24-15-9-10-16-25(24)30)29(36)31-17-23-19-34(18-21-11-5-3-6-12-21)33-27(23)22-13-7-4-8-14-22/h3-16,19-20,26H,17-18H2,1-2H3,(H,31,36)(H,32,35)/t26-/m0/s1. The summed E-state index contributed by atoms with van der Waals surface area (Å²) in [6.45, 7) is 4.50. The van der Waals surface area contributed by atoms with Gasteiger partial charge in [0, 0.05) is 23.9 Å². The maximum absolute atomic E-state index is 14.1. The molecule has 1 atom stereocenters. The van der Waals surface area contributed by atoms with Gasteiger partial charge < -0.3 is 10.6 Å². The number of nitrogens with one attached hydrogen (secondary N) is 2. The van der Waals surface area contributed by atoms with E-state index in [0.29, 0.717) is 6.54 Å². The van der Waals surface area contributed by atoms with Crippen molar-refractivity contribution in [3.05, 3.63) is 114 Å². The van der Waals surface area contributed by atoms with Gasteiger partial charge in [0.1, 0.15) is 11.9 Å². The Kier molecular flexibility index (Phi) is 7.90. The van der Waals surface area contributed by atoms with Gasteiger partial charge in [0.25, 0.3) is 5.91 Å². The quantitative estimate of drug-likeness (QED) is 0.358. The number of amides is 2. The van der Waals surface area contributed by atoms with E-state index >= 15 is 0 Å². The number of carbonyl (C=O) groups excluding carboxylic acids is 2. The van der Waals surface area contributed by atoms with Crippen molar-refractivity contribution < 1.29 is 14.0 Å². The fourth-order valence-corrected chi connectivity index (χ4v) is 3.97. The molecule has 0 unspecified atom stereocenters. The van der Waals surface area contributed by atoms with Crippen molar-refractivity contribution >= 4 is 11.8 Å². The Balaban J connectivity index is 1.51. The van der Waals surface area contributed by atoms with E-state index < -0.39 is 17.8 Å². The highest BCUT2D eigenvalue weighted by Crippen LogP contribution is 2.22. The van der Waals surface area contributed by atoms with Gasteiger partial charge in [-0.05, 0) is 23.6 Å². The molecular weight excluding hydrogens is 455 g/mol. The SMILES string of the molecule is CC(C)[C@H](NC(=O)c1ccccc1F)C(=O)NCc1cn(Cc2ccccc2)nc1-c1ccccc1. The largest absolute Gasteiger partial charge is 0.350 e. The molecule has 0 bridgehead atoms. The molecule has 2 N–H and O–H groups in total. The van der Waals surface area contributed by atoms with Crippen LogP contribution in [0.25, 0.3) is 11.3 Å². The Morgan fingerprint density at radius 1 is 0.917 bits per heavy atom. The molecule has 7 heteroatoms. The van der Waals surface area contributed by atoms with Crippen molar-refractivity contribution in [1.82, 2.24) is 20.4 Å². The number of nitrogens with zero attached hydrogens (tertiary/aromatic N) is 2. The van der Waals surface area contributed by atoms with Crippen LogP contribution < -0.4 is 10.6 Å². The van der Waals surface area contributed by atoms with Crippen molar-refractivity contribution in [2.45, 2.75) is 33.0 Å². The summed E-state index contributed by atoms with van der Waals surface area (Å²) in [5.74, 6) is -1.79. The molecule has 3 aromatic carbocycles. The van der Waals surface area contributed by atoms with Gasteiger partial charge in [-0.2, -0.15) is 5.10 Å². The average Bonchev–Trinajstić information content (AvgIpc) is 3.29. The highest BCUT2D eigenvalue weighted by molar-refractivity contribution is 5.97. The third kappa shape index (κ3) is 6.05. The first-order valence-corrected chi connectivity index (χ1v) is 11.9. The van der Waals surface area contributed by atoms with Crippen LogP contribution in [0.1, 0.15) is 35.3 Å². The summed E-state index contributed by atoms with van der Waals surface area (Å²) < 4.78 is 15.9. The summed E-state index contributed by atoms with van der Waals surface area (Å²) in [6.07, 6.45) is 1.93. The highest BCUT2D eigenvalue weighted by Gasteiger charge is 2.26. The molecule has 0 saturated heterocycles. The van der Waals surface area contributed by atoms with E-state index in [1.54, 1.807) is 6.07 Å². The summed E-state index contributed by atoms with van der Waals surface area (Å²) in [5, 5.41) is 10.4. The monoisotopic (exact) mass is 484 g/mol. The first-order chi connectivity index (χ1) is 17.4. The van der Waals surface area contributed by atoms with Gasteiger partial charge >= 0.3 is 0 Å². The first kappa shape index (κ1) is 24.9. The highest BCUT2D eigenvalue weighted by atomic mass is 19.1. The van der Waals surface area contributed by atoms with Crippen LogP contribution in [0.5, 0.6) is 0 Å². The number of carbonyl (C=O) groups is 2. The van der Waals surface area contributed by atoms with Crippen LogP contribution in [-0.2, 0) is 17.9 Å². The van der Waals surface area contributed by atoms with Crippen LogP contribution in [0.15, 0.2) is 91.1 Å². The molecule has 0 radical (unpaired) electrons. The molecule has 0 saturated carbocycles. The van der Waals surface area contributed by atoms with Gasteiger partial charge in [-0.3, -0.25) is 14.3 Å². The number of aromatic nitrogens is 2. The molecule has 184 valence electrons. The second kappa shape index (κ2) is 11.4. The molecule has 1 heterocycles. The summed E-state index contributed by atoms with van der Waals surface area (Å²) in [4.78, 5) is 25.7. The molecule has 0 aliphatic rings. The molecule has 0 aliphatic carbocycles. The summed E-state index contributed by atoms with van der Waals surface area (Å²) in [7, 11) is 0. The summed E-state index contributed by atoms with van der Waals surface area (Å²) in [6, 6.07) is 24.7. The number of rotatable bonds is 9. The van der Waals surface area contributed by atoms with Crippen LogP contribution in [-0.4, -0.2) is 27.6 Å². The molecule has 4 rings (SSSR count). The van der Waals surface area contributed by atoms with Crippen LogP contribution in [0, 0.1) is 11.7 Å². The van der Waals surface area contributed by atoms with Crippen molar-refractivity contribution in [3.8, 4) is 11.3 Å². The Morgan fingerprint density at radius 3 is 2.22 bits per heavy atom. The van der Waals surface area contributed by atoms with Gasteiger partial charge in [-0.25, -0.2) is 4.39 Å². The van der Waals surface area contributed by atoms with Gasteiger partial charge in [-0.15, -0.1) is 0 Å². The van der Waals surface area contributed by atoms with Gasteiger partial charge in [0.2, 0.25) is 5.91 Å². The third-order valence-corrected chi connectivity index (χ3v) is 5.88. The van der Waals surface area contributed by atoms with Crippen LogP contribution in [0.2, 0.25) is 0 Å². The van der Waals surface area contributed by atoms with Gasteiger partial charge in [0.15, 0.2) is 0 Å². The van der Waals surface area contributed by atoms with E-state index in [0.717, 1.165) is 22.4 Å². The molecule has 0 aliphatic heterocycles. The number of hydrogen-bond donors (Lipinski definition) is 2. The lowest BCUT2D eigenvalue weighted by Gasteiger charge is -2.22. The zero-order valence-corrected chi connectivity index (χ0v) is 20.3. The van der Waals surface area contributed by atoms with E-state index in [1.165, 1.54) is 18.2 Å². The van der Waals surface area contributed by atoms with E-state index in [9.17, 15) is 14.0 Å². The fourth-order valence-electron chi connectivity index (χ4n) is 3.97. The zero-order chi connectivity index (χ0) is 25.5. The lowest BCUT2D eigenvalue weighted by molar-refractivity contribution is -0.124. The van der Waals surface area contributed by atoms with Crippen LogP contribution in [0.4, 0.5) is 4.39 Å². The van der Waals surface area contributed by atoms with Crippen molar-refractivity contribution in [3.63, 3.8) is 0 Å². The van der Waals surface area contributed by atoms with Crippen LogP contribution in [0.3, 0.4) is 0 Å². The lowest BCUT2D eigenvalue weighted by atomic mass is 10.0. The Labute approximate surface area is 210 Å². The van der Waals surface area contributed by atoms with E-state index in [2.05, 4.69) is 10.6 Å². The smallest absolute Gasteiger partial charge is 0.254 e. The number of hydrogen-bond acceptors (Lipinski definition) is 3. The normalized spacial score (nSPS) is 11.8. The second-order valence-corrected chi connectivity index (χ2v) is 8.94. The third-order valence-electron chi connectivity index (χ3n) is 5.88. The molecule has 1 aromatic heterocycles. The van der Waals surface area contributed by atoms with E-state index in [-0.39, 0.29) is 23.9 Å². The minimum absolute atomic E-state index is 0.0931. The molecule has 6 nitrogen and oxygen atoms in total. The molecule has 4 aromatic rings. The minimum Gasteiger partial charge on any atom is -0.350 e. The predicted molar refractivity (Wildman–Crippen MR) is 138 cm³/mol. The lowest BCUT2D eigenvalue weighted by Crippen LogP contribution is -2.49. The van der Waals surface area contributed by atoms with Crippen molar-refractivity contribution in [2.75, 3.05) is 0 Å². The second-order valence-electron chi connectivity index (χ2n) is 8.94. The zero-order valence-electron chi connectivity index (χ0n) is 20.3. The molecule has 0 spiro atoms. The van der Waals surface area contributed by atoms with Crippen molar-refractivity contribution in [2.24, 2.45) is 5.92 Å². The van der Waals surface area contributed by atoms with Gasteiger partial charge in [0.05, 0.1) is 17.8 Å². The predicted octanol–water partition coefficient (Wildman–Crippen LogP) is 4.81. The fraction of sp³-hybridized carbons (Fsp3) is 0.207. The first-order valence-electron chi connectivity index (χ1n) is 11.9.